The van der Waals surface area contributed by atoms with Crippen LogP contribution >= 0.6 is 0 Å². The van der Waals surface area contributed by atoms with Gasteiger partial charge in [0.2, 0.25) is 11.9 Å². The highest BCUT2D eigenvalue weighted by Crippen LogP contribution is 2.14. The molecule has 202 valence electrons. The van der Waals surface area contributed by atoms with Crippen molar-refractivity contribution in [3.05, 3.63) is 35.7 Å². The topological polar surface area (TPSA) is 116 Å². The van der Waals surface area contributed by atoms with Crippen LogP contribution in [0.25, 0.3) is 0 Å². The molecule has 0 aliphatic rings. The van der Waals surface area contributed by atoms with Crippen LogP contribution < -0.4 is 21.1 Å². The first kappa shape index (κ1) is 29.7. The largest absolute Gasteiger partial charge is 0.497 e. The van der Waals surface area contributed by atoms with Crippen LogP contribution in [0.15, 0.2) is 24.3 Å². The van der Waals surface area contributed by atoms with Crippen LogP contribution in [-0.4, -0.2) is 61.6 Å². The highest BCUT2D eigenvalue weighted by molar-refractivity contribution is 5.36. The van der Waals surface area contributed by atoms with Gasteiger partial charge in [-0.1, -0.05) is 64.0 Å². The fourth-order valence-corrected chi connectivity index (χ4v) is 3.67. The third kappa shape index (κ3) is 13.6. The van der Waals surface area contributed by atoms with E-state index in [1.807, 2.05) is 24.3 Å². The van der Waals surface area contributed by atoms with Crippen molar-refractivity contribution in [3.63, 3.8) is 0 Å². The molecule has 0 bridgehead atoms. The average Bonchev–Trinajstić information content (AvgIpc) is 2.91. The molecular weight excluding hydrogens is 456 g/mol. The van der Waals surface area contributed by atoms with Gasteiger partial charge in [-0.3, -0.25) is 0 Å². The number of unbranched alkanes of at least 4 members (excludes halogenated alkanes) is 7. The van der Waals surface area contributed by atoms with Crippen LogP contribution in [0.3, 0.4) is 0 Å². The van der Waals surface area contributed by atoms with E-state index >= 15 is 0 Å². The molecule has 0 atom stereocenters. The number of nitrogens with two attached hydrogens (primary N) is 1. The normalized spacial score (nSPS) is 11.0. The van der Waals surface area contributed by atoms with Crippen molar-refractivity contribution in [2.45, 2.75) is 71.3 Å². The number of hydrogen-bond acceptors (Lipinski definition) is 9. The second-order valence-corrected chi connectivity index (χ2v) is 8.77. The van der Waals surface area contributed by atoms with E-state index in [0.717, 1.165) is 30.0 Å². The highest BCUT2D eigenvalue weighted by atomic mass is 16.5. The van der Waals surface area contributed by atoms with Crippen molar-refractivity contribution in [2.24, 2.45) is 5.73 Å². The molecule has 9 heteroatoms. The van der Waals surface area contributed by atoms with Crippen molar-refractivity contribution in [1.29, 1.82) is 0 Å². The van der Waals surface area contributed by atoms with E-state index in [0.29, 0.717) is 58.0 Å². The maximum absolute atomic E-state index is 5.59. The summed E-state index contributed by atoms with van der Waals surface area (Å²) in [4.78, 5) is 13.9. The maximum Gasteiger partial charge on any atom is 0.228 e. The van der Waals surface area contributed by atoms with E-state index in [1.54, 1.807) is 7.11 Å². The first-order chi connectivity index (χ1) is 17.7. The van der Waals surface area contributed by atoms with Crippen molar-refractivity contribution in [3.8, 4) is 5.75 Å². The summed E-state index contributed by atoms with van der Waals surface area (Å²) in [7, 11) is 1.67. The Morgan fingerprint density at radius 3 is 2.06 bits per heavy atom. The average molecular weight is 503 g/mol. The molecule has 0 fully saturated rings. The van der Waals surface area contributed by atoms with E-state index in [1.165, 1.54) is 44.9 Å². The van der Waals surface area contributed by atoms with Crippen molar-refractivity contribution in [2.75, 3.05) is 57.3 Å². The summed E-state index contributed by atoms with van der Waals surface area (Å²) in [6.07, 6.45) is 11.1. The van der Waals surface area contributed by atoms with Crippen LogP contribution in [0.5, 0.6) is 5.75 Å². The molecule has 0 saturated carbocycles. The number of aryl methyl sites for hydroxylation is 1. The molecule has 1 aromatic carbocycles. The molecule has 0 radical (unpaired) electrons. The summed E-state index contributed by atoms with van der Waals surface area (Å²) >= 11 is 0. The van der Waals surface area contributed by atoms with Crippen molar-refractivity contribution < 1.29 is 14.2 Å². The van der Waals surface area contributed by atoms with Gasteiger partial charge in [0.25, 0.3) is 0 Å². The van der Waals surface area contributed by atoms with Crippen LogP contribution in [-0.2, 0) is 22.4 Å². The molecule has 0 spiro atoms. The van der Waals surface area contributed by atoms with Crippen LogP contribution in [0.2, 0.25) is 0 Å². The predicted octanol–water partition coefficient (Wildman–Crippen LogP) is 4.58. The second kappa shape index (κ2) is 19.7. The molecule has 0 aliphatic carbocycles. The lowest BCUT2D eigenvalue weighted by molar-refractivity contribution is 0.0547. The van der Waals surface area contributed by atoms with Gasteiger partial charge in [-0.2, -0.15) is 15.0 Å². The fourth-order valence-electron chi connectivity index (χ4n) is 3.67. The van der Waals surface area contributed by atoms with Gasteiger partial charge < -0.3 is 30.6 Å². The number of ether oxygens (including phenoxy) is 3. The van der Waals surface area contributed by atoms with Gasteiger partial charge in [0.15, 0.2) is 0 Å². The zero-order valence-electron chi connectivity index (χ0n) is 22.3. The Hall–Kier alpha value is -2.49. The third-order valence-electron chi connectivity index (χ3n) is 5.71. The third-order valence-corrected chi connectivity index (χ3v) is 5.71. The summed E-state index contributed by atoms with van der Waals surface area (Å²) in [6, 6.07) is 7.96. The minimum atomic E-state index is 0.525. The Morgan fingerprint density at radius 2 is 1.39 bits per heavy atom. The quantitative estimate of drug-likeness (QED) is 0.199. The van der Waals surface area contributed by atoms with Gasteiger partial charge in [-0.25, -0.2) is 0 Å². The lowest BCUT2D eigenvalue weighted by Crippen LogP contribution is -2.17. The molecule has 0 amide bonds. The molecule has 4 N–H and O–H groups in total. The monoisotopic (exact) mass is 502 g/mol. The zero-order chi connectivity index (χ0) is 25.7. The van der Waals surface area contributed by atoms with Gasteiger partial charge in [0, 0.05) is 26.1 Å². The van der Waals surface area contributed by atoms with E-state index in [4.69, 9.17) is 19.9 Å². The lowest BCUT2D eigenvalue weighted by atomic mass is 10.1. The summed E-state index contributed by atoms with van der Waals surface area (Å²) in [5.41, 5.74) is 6.53. The first-order valence-corrected chi connectivity index (χ1v) is 13.5. The van der Waals surface area contributed by atoms with E-state index in [-0.39, 0.29) is 0 Å². The van der Waals surface area contributed by atoms with E-state index in [9.17, 15) is 0 Å². The SMILES string of the molecule is CCCCCCCCCCc1nc(NCCOCCOCCN)nc(NCc2ccc(OC)cc2)n1. The van der Waals surface area contributed by atoms with E-state index < -0.39 is 0 Å². The minimum Gasteiger partial charge on any atom is -0.497 e. The van der Waals surface area contributed by atoms with Crippen LogP contribution in [0.4, 0.5) is 11.9 Å². The Morgan fingerprint density at radius 1 is 0.750 bits per heavy atom. The van der Waals surface area contributed by atoms with Crippen LogP contribution in [0.1, 0.15) is 69.7 Å². The number of rotatable bonds is 22. The first-order valence-electron chi connectivity index (χ1n) is 13.5. The highest BCUT2D eigenvalue weighted by Gasteiger charge is 2.07. The summed E-state index contributed by atoms with van der Waals surface area (Å²) < 4.78 is 16.1. The summed E-state index contributed by atoms with van der Waals surface area (Å²) in [5, 5.41) is 6.61. The van der Waals surface area contributed by atoms with Crippen LogP contribution in [0, 0.1) is 0 Å². The molecule has 36 heavy (non-hydrogen) atoms. The van der Waals surface area contributed by atoms with E-state index in [2.05, 4.69) is 32.5 Å². The zero-order valence-corrected chi connectivity index (χ0v) is 22.3. The molecular formula is C27H46N6O3. The molecule has 1 aromatic heterocycles. The number of anilines is 2. The standard InChI is InChI=1S/C27H46N6O3/c1-3-4-5-6-7-8-9-10-11-25-31-26(29-17-19-36-21-20-35-18-16-28)33-27(32-25)30-22-23-12-14-24(34-2)15-13-23/h12-15H,3-11,16-22,28H2,1-2H3,(H2,29,30,31,32,33). The summed E-state index contributed by atoms with van der Waals surface area (Å²) in [5.74, 6) is 2.80. The predicted molar refractivity (Wildman–Crippen MR) is 146 cm³/mol. The van der Waals surface area contributed by atoms with Crippen molar-refractivity contribution in [1.82, 2.24) is 15.0 Å². The van der Waals surface area contributed by atoms with Gasteiger partial charge in [-0.05, 0) is 24.1 Å². The number of hydrogen-bond donors (Lipinski definition) is 3. The molecule has 0 unspecified atom stereocenters. The molecule has 0 aliphatic heterocycles. The molecule has 1 heterocycles. The molecule has 9 nitrogen and oxygen atoms in total. The second-order valence-electron chi connectivity index (χ2n) is 8.77. The van der Waals surface area contributed by atoms with Crippen molar-refractivity contribution >= 4 is 11.9 Å². The maximum atomic E-state index is 5.59. The number of nitrogens with zero attached hydrogens (tertiary/aromatic N) is 3. The van der Waals surface area contributed by atoms with Gasteiger partial charge in [-0.15, -0.1) is 0 Å². The number of aromatic nitrogens is 3. The fraction of sp³-hybridized carbons (Fsp3) is 0.667. The smallest absolute Gasteiger partial charge is 0.228 e. The molecule has 0 saturated heterocycles. The lowest BCUT2D eigenvalue weighted by Gasteiger charge is -2.11. The Balaban J connectivity index is 1.84. The number of methoxy groups -OCH3 is 1. The Kier molecular flexibility index (Phi) is 16.2. The minimum absolute atomic E-state index is 0.525. The number of nitrogens with one attached hydrogen (secondary N) is 2. The van der Waals surface area contributed by atoms with Gasteiger partial charge in [0.05, 0.1) is 33.5 Å². The Bertz CT molecular complexity index is 768. The number of benzene rings is 1. The molecule has 2 rings (SSSR count). The Labute approximate surface area is 216 Å². The molecule has 2 aromatic rings. The van der Waals surface area contributed by atoms with Gasteiger partial charge >= 0.3 is 0 Å². The van der Waals surface area contributed by atoms with Gasteiger partial charge in [0.1, 0.15) is 11.6 Å². The summed E-state index contributed by atoms with van der Waals surface area (Å²) in [6.45, 7) is 6.19.